The number of sulfone groups is 1. The summed E-state index contributed by atoms with van der Waals surface area (Å²) in [6.07, 6.45) is 3.15. The van der Waals surface area contributed by atoms with Gasteiger partial charge in [0.15, 0.2) is 5.96 Å². The highest BCUT2D eigenvalue weighted by Crippen LogP contribution is 2.23. The van der Waals surface area contributed by atoms with Crippen LogP contribution in [0.4, 0.5) is 14.5 Å². The molecule has 0 bridgehead atoms. The van der Waals surface area contributed by atoms with Gasteiger partial charge in [0, 0.05) is 44.7 Å². The number of hydrogen-bond acceptors (Lipinski definition) is 6. The Hall–Kier alpha value is -2.14. The Kier molecular flexibility index (Phi) is 9.57. The summed E-state index contributed by atoms with van der Waals surface area (Å²) in [6.45, 7) is -0.145. The van der Waals surface area contributed by atoms with Gasteiger partial charge >= 0.3 is 6.61 Å². The average molecular weight is 449 g/mol. The number of alkyl halides is 2. The van der Waals surface area contributed by atoms with Crippen LogP contribution >= 0.6 is 0 Å². The SMILES string of the molecule is CN=C(NCCOCCS(C)(=O)=O)NC1CCCN(c2ccc(OC(F)F)cc2)C1. The number of benzene rings is 1. The molecule has 1 heterocycles. The standard InChI is InChI=1S/C19H30F2N4O4S/c1-22-19(23-9-11-28-12-13-30(2,26)27)24-15-4-3-10-25(14-15)16-5-7-17(8-6-16)29-18(20)21/h5-8,15,18H,3-4,9-14H2,1-2H3,(H2,22,23,24). The molecule has 1 atom stereocenters. The van der Waals surface area contributed by atoms with Crippen molar-refractivity contribution in [2.24, 2.45) is 4.99 Å². The Labute approximate surface area is 176 Å². The highest BCUT2D eigenvalue weighted by molar-refractivity contribution is 7.90. The molecule has 0 amide bonds. The van der Waals surface area contributed by atoms with Crippen molar-refractivity contribution >= 4 is 21.5 Å². The fourth-order valence-electron chi connectivity index (χ4n) is 3.11. The van der Waals surface area contributed by atoms with E-state index in [2.05, 4.69) is 25.3 Å². The summed E-state index contributed by atoms with van der Waals surface area (Å²) >= 11 is 0. The van der Waals surface area contributed by atoms with E-state index in [9.17, 15) is 17.2 Å². The van der Waals surface area contributed by atoms with E-state index in [1.165, 1.54) is 6.26 Å². The monoisotopic (exact) mass is 448 g/mol. The molecule has 1 aliphatic rings. The molecule has 1 fully saturated rings. The van der Waals surface area contributed by atoms with Crippen molar-refractivity contribution in [3.05, 3.63) is 24.3 Å². The third-order valence-corrected chi connectivity index (χ3v) is 5.46. The number of nitrogens with zero attached hydrogens (tertiary/aromatic N) is 2. The minimum Gasteiger partial charge on any atom is -0.435 e. The predicted molar refractivity (Wildman–Crippen MR) is 113 cm³/mol. The van der Waals surface area contributed by atoms with Gasteiger partial charge in [0.25, 0.3) is 0 Å². The molecule has 11 heteroatoms. The molecule has 170 valence electrons. The van der Waals surface area contributed by atoms with Gasteiger partial charge in [0.1, 0.15) is 15.6 Å². The summed E-state index contributed by atoms with van der Waals surface area (Å²) in [7, 11) is -1.33. The lowest BCUT2D eigenvalue weighted by atomic mass is 10.0. The van der Waals surface area contributed by atoms with Gasteiger partial charge < -0.3 is 25.0 Å². The number of halogens is 2. The van der Waals surface area contributed by atoms with Gasteiger partial charge in [-0.3, -0.25) is 4.99 Å². The molecule has 0 radical (unpaired) electrons. The van der Waals surface area contributed by atoms with E-state index in [4.69, 9.17) is 4.74 Å². The fraction of sp³-hybridized carbons (Fsp3) is 0.632. The molecule has 1 saturated heterocycles. The number of nitrogens with one attached hydrogen (secondary N) is 2. The molecule has 1 unspecified atom stereocenters. The number of rotatable bonds is 10. The normalized spacial score (nSPS) is 17.8. The highest BCUT2D eigenvalue weighted by atomic mass is 32.2. The Bertz CT molecular complexity index is 775. The maximum atomic E-state index is 12.3. The number of piperidine rings is 1. The first-order chi connectivity index (χ1) is 14.3. The number of anilines is 1. The molecule has 2 N–H and O–H groups in total. The van der Waals surface area contributed by atoms with Crippen LogP contribution in [0.3, 0.4) is 0 Å². The summed E-state index contributed by atoms with van der Waals surface area (Å²) in [6, 6.07) is 6.82. The zero-order valence-electron chi connectivity index (χ0n) is 17.3. The van der Waals surface area contributed by atoms with Crippen molar-refractivity contribution in [1.29, 1.82) is 0 Å². The van der Waals surface area contributed by atoms with E-state index in [1.54, 1.807) is 31.3 Å². The number of hydrogen-bond donors (Lipinski definition) is 2. The van der Waals surface area contributed by atoms with Gasteiger partial charge in [-0.2, -0.15) is 8.78 Å². The summed E-state index contributed by atoms with van der Waals surface area (Å²) in [5.41, 5.74) is 0.949. The predicted octanol–water partition coefficient (Wildman–Crippen LogP) is 1.48. The minimum atomic E-state index is -3.01. The maximum absolute atomic E-state index is 12.3. The first-order valence-electron chi connectivity index (χ1n) is 9.79. The molecule has 1 aromatic carbocycles. The summed E-state index contributed by atoms with van der Waals surface area (Å²) in [4.78, 5) is 6.40. The molecular weight excluding hydrogens is 418 g/mol. The molecule has 0 spiro atoms. The summed E-state index contributed by atoms with van der Waals surface area (Å²) in [5, 5.41) is 6.53. The smallest absolute Gasteiger partial charge is 0.387 e. The molecule has 0 aliphatic carbocycles. The second-order valence-corrected chi connectivity index (χ2v) is 9.30. The first-order valence-corrected chi connectivity index (χ1v) is 11.9. The third-order valence-electron chi connectivity index (χ3n) is 4.55. The van der Waals surface area contributed by atoms with Crippen LogP contribution < -0.4 is 20.3 Å². The van der Waals surface area contributed by atoms with Crippen LogP contribution in [0, 0.1) is 0 Å². The lowest BCUT2D eigenvalue weighted by Gasteiger charge is -2.35. The van der Waals surface area contributed by atoms with Crippen molar-refractivity contribution in [3.8, 4) is 5.75 Å². The molecule has 8 nitrogen and oxygen atoms in total. The van der Waals surface area contributed by atoms with Crippen LogP contribution in [0.1, 0.15) is 12.8 Å². The highest BCUT2D eigenvalue weighted by Gasteiger charge is 2.21. The zero-order chi connectivity index (χ0) is 22.0. The Morgan fingerprint density at radius 2 is 2.03 bits per heavy atom. The third kappa shape index (κ3) is 9.12. The number of aliphatic imine (C=N–C) groups is 1. The van der Waals surface area contributed by atoms with E-state index >= 15 is 0 Å². The van der Waals surface area contributed by atoms with Crippen molar-refractivity contribution in [1.82, 2.24) is 10.6 Å². The van der Waals surface area contributed by atoms with E-state index in [0.717, 1.165) is 31.6 Å². The fourth-order valence-corrected chi connectivity index (χ4v) is 3.53. The molecule has 2 rings (SSSR count). The quantitative estimate of drug-likeness (QED) is 0.318. The minimum absolute atomic E-state index is 0.00707. The van der Waals surface area contributed by atoms with Gasteiger partial charge in [-0.1, -0.05) is 0 Å². The average Bonchev–Trinajstić information content (AvgIpc) is 2.69. The van der Waals surface area contributed by atoms with Crippen LogP contribution in [-0.2, 0) is 14.6 Å². The van der Waals surface area contributed by atoms with Crippen molar-refractivity contribution in [2.75, 3.05) is 56.8 Å². The molecule has 1 aliphatic heterocycles. The second kappa shape index (κ2) is 11.9. The van der Waals surface area contributed by atoms with Crippen LogP contribution in [0.25, 0.3) is 0 Å². The molecule has 0 aromatic heterocycles. The van der Waals surface area contributed by atoms with E-state index in [0.29, 0.717) is 19.1 Å². The number of ether oxygens (including phenoxy) is 2. The lowest BCUT2D eigenvalue weighted by molar-refractivity contribution is -0.0498. The zero-order valence-corrected chi connectivity index (χ0v) is 18.1. The van der Waals surface area contributed by atoms with Crippen LogP contribution in [0.15, 0.2) is 29.3 Å². The van der Waals surface area contributed by atoms with Crippen molar-refractivity contribution in [2.45, 2.75) is 25.5 Å². The van der Waals surface area contributed by atoms with Crippen molar-refractivity contribution < 1.29 is 26.7 Å². The summed E-state index contributed by atoms with van der Waals surface area (Å²) < 4.78 is 56.4. The van der Waals surface area contributed by atoms with Gasteiger partial charge in [-0.05, 0) is 37.1 Å². The van der Waals surface area contributed by atoms with E-state index < -0.39 is 16.4 Å². The Morgan fingerprint density at radius 1 is 1.30 bits per heavy atom. The van der Waals surface area contributed by atoms with Crippen LogP contribution in [0.5, 0.6) is 5.75 Å². The van der Waals surface area contributed by atoms with Crippen molar-refractivity contribution in [3.63, 3.8) is 0 Å². The Balaban J connectivity index is 1.76. The van der Waals surface area contributed by atoms with Crippen LogP contribution in [-0.4, -0.2) is 78.9 Å². The van der Waals surface area contributed by atoms with Gasteiger partial charge in [-0.25, -0.2) is 8.42 Å². The topological polar surface area (TPSA) is 92.3 Å². The van der Waals surface area contributed by atoms with E-state index in [1.807, 2.05) is 0 Å². The molecular formula is C19H30F2N4O4S. The van der Waals surface area contributed by atoms with Gasteiger partial charge in [-0.15, -0.1) is 0 Å². The number of guanidine groups is 1. The Morgan fingerprint density at radius 3 is 2.67 bits per heavy atom. The second-order valence-electron chi connectivity index (χ2n) is 7.04. The lowest BCUT2D eigenvalue weighted by Crippen LogP contribution is -2.51. The molecule has 1 aromatic rings. The molecule has 30 heavy (non-hydrogen) atoms. The largest absolute Gasteiger partial charge is 0.435 e. The van der Waals surface area contributed by atoms with E-state index in [-0.39, 0.29) is 24.2 Å². The molecule has 0 saturated carbocycles. The van der Waals surface area contributed by atoms with Gasteiger partial charge in [0.2, 0.25) is 0 Å². The van der Waals surface area contributed by atoms with Gasteiger partial charge in [0.05, 0.1) is 19.0 Å². The maximum Gasteiger partial charge on any atom is 0.387 e. The first kappa shape index (κ1) is 24.1. The van der Waals surface area contributed by atoms with Crippen LogP contribution in [0.2, 0.25) is 0 Å². The summed E-state index contributed by atoms with van der Waals surface area (Å²) in [5.74, 6) is 0.797.